The van der Waals surface area contributed by atoms with E-state index in [1.54, 1.807) is 19.1 Å². The van der Waals surface area contributed by atoms with E-state index in [0.717, 1.165) is 5.56 Å². The number of carbonyl (C=O) groups is 2. The minimum atomic E-state index is -0.944. The van der Waals surface area contributed by atoms with Crippen LogP contribution in [0.1, 0.15) is 28.4 Å². The topological polar surface area (TPSA) is 66.4 Å². The molecule has 0 aliphatic carbocycles. The van der Waals surface area contributed by atoms with Crippen molar-refractivity contribution < 1.29 is 14.7 Å². The minimum absolute atomic E-state index is 0.128. The van der Waals surface area contributed by atoms with Gasteiger partial charge in [0.1, 0.15) is 0 Å². The first-order valence-corrected chi connectivity index (χ1v) is 5.08. The van der Waals surface area contributed by atoms with Crippen molar-refractivity contribution in [2.75, 3.05) is 6.54 Å². The minimum Gasteiger partial charge on any atom is -0.478 e. The quantitative estimate of drug-likeness (QED) is 0.751. The lowest BCUT2D eigenvalue weighted by molar-refractivity contribution is -0.118. The third-order valence-corrected chi connectivity index (χ3v) is 2.12. The Hall–Kier alpha value is -2.28. The molecule has 1 aromatic rings. The second kappa shape index (κ2) is 5.71. The van der Waals surface area contributed by atoms with Crippen molar-refractivity contribution in [3.63, 3.8) is 0 Å². The van der Waals surface area contributed by atoms with Crippen molar-refractivity contribution in [3.05, 3.63) is 34.9 Å². The molecule has 0 aliphatic rings. The number of benzene rings is 1. The summed E-state index contributed by atoms with van der Waals surface area (Å²) in [5, 5.41) is 11.4. The van der Waals surface area contributed by atoms with Crippen molar-refractivity contribution in [3.8, 4) is 11.8 Å². The number of aryl methyl sites for hydroxylation is 1. The van der Waals surface area contributed by atoms with Gasteiger partial charge in [0.05, 0.1) is 12.1 Å². The van der Waals surface area contributed by atoms with Crippen LogP contribution in [-0.4, -0.2) is 23.5 Å². The SMILES string of the molecule is CC(=O)NCC#Cc1ccc(C(=O)O)c(C)c1. The molecule has 0 atom stereocenters. The molecule has 4 heteroatoms. The summed E-state index contributed by atoms with van der Waals surface area (Å²) >= 11 is 0. The number of aromatic carboxylic acids is 1. The standard InChI is InChI=1S/C13H13NO3/c1-9-8-11(4-3-7-14-10(2)15)5-6-12(9)13(16)17/h5-6,8H,7H2,1-2H3,(H,14,15)(H,16,17). The van der Waals surface area contributed by atoms with Gasteiger partial charge in [0.15, 0.2) is 0 Å². The van der Waals surface area contributed by atoms with E-state index in [2.05, 4.69) is 17.2 Å². The maximum absolute atomic E-state index is 10.8. The highest BCUT2D eigenvalue weighted by molar-refractivity contribution is 5.89. The fraction of sp³-hybridized carbons (Fsp3) is 0.231. The average molecular weight is 231 g/mol. The van der Waals surface area contributed by atoms with Gasteiger partial charge in [-0.2, -0.15) is 0 Å². The molecule has 0 radical (unpaired) electrons. The molecule has 0 saturated heterocycles. The van der Waals surface area contributed by atoms with Gasteiger partial charge in [-0.25, -0.2) is 4.79 Å². The zero-order valence-electron chi connectivity index (χ0n) is 9.70. The summed E-state index contributed by atoms with van der Waals surface area (Å²) < 4.78 is 0. The molecule has 0 aliphatic heterocycles. The molecule has 0 aromatic heterocycles. The Morgan fingerprint density at radius 3 is 2.65 bits per heavy atom. The summed E-state index contributed by atoms with van der Waals surface area (Å²) in [5.41, 5.74) is 1.68. The molecule has 1 rings (SSSR count). The maximum Gasteiger partial charge on any atom is 0.335 e. The van der Waals surface area contributed by atoms with Crippen LogP contribution in [0.3, 0.4) is 0 Å². The van der Waals surface area contributed by atoms with Crippen LogP contribution in [0.4, 0.5) is 0 Å². The number of rotatable bonds is 2. The Morgan fingerprint density at radius 2 is 2.12 bits per heavy atom. The lowest BCUT2D eigenvalue weighted by Gasteiger charge is -2.00. The molecule has 1 aromatic carbocycles. The van der Waals surface area contributed by atoms with E-state index < -0.39 is 5.97 Å². The zero-order valence-corrected chi connectivity index (χ0v) is 9.70. The number of amides is 1. The van der Waals surface area contributed by atoms with Crippen LogP contribution in [0.25, 0.3) is 0 Å². The number of hydrogen-bond acceptors (Lipinski definition) is 2. The number of carboxylic acid groups (broad SMARTS) is 1. The highest BCUT2D eigenvalue weighted by Gasteiger charge is 2.05. The van der Waals surface area contributed by atoms with Crippen LogP contribution < -0.4 is 5.32 Å². The maximum atomic E-state index is 10.8. The van der Waals surface area contributed by atoms with Gasteiger partial charge < -0.3 is 10.4 Å². The smallest absolute Gasteiger partial charge is 0.335 e. The fourth-order valence-electron chi connectivity index (χ4n) is 1.30. The largest absolute Gasteiger partial charge is 0.478 e. The van der Waals surface area contributed by atoms with E-state index in [1.807, 2.05) is 0 Å². The monoisotopic (exact) mass is 231 g/mol. The van der Waals surface area contributed by atoms with E-state index in [4.69, 9.17) is 5.11 Å². The van der Waals surface area contributed by atoms with E-state index in [9.17, 15) is 9.59 Å². The summed E-state index contributed by atoms with van der Waals surface area (Å²) in [6, 6.07) is 4.89. The molecule has 2 N–H and O–H groups in total. The van der Waals surface area contributed by atoms with Gasteiger partial charge in [0.2, 0.25) is 5.91 Å². The molecule has 0 heterocycles. The van der Waals surface area contributed by atoms with Gasteiger partial charge in [-0.15, -0.1) is 0 Å². The Morgan fingerprint density at radius 1 is 1.41 bits per heavy atom. The fourth-order valence-corrected chi connectivity index (χ4v) is 1.30. The molecule has 0 saturated carbocycles. The predicted octanol–water partition coefficient (Wildman–Crippen LogP) is 1.18. The molecule has 0 spiro atoms. The van der Waals surface area contributed by atoms with Gasteiger partial charge in [0, 0.05) is 12.5 Å². The molecular weight excluding hydrogens is 218 g/mol. The van der Waals surface area contributed by atoms with Gasteiger partial charge in [-0.3, -0.25) is 4.79 Å². The Balaban J connectivity index is 2.77. The lowest BCUT2D eigenvalue weighted by Crippen LogP contribution is -2.19. The first-order valence-electron chi connectivity index (χ1n) is 5.08. The second-order valence-electron chi connectivity index (χ2n) is 3.55. The number of carboxylic acids is 1. The highest BCUT2D eigenvalue weighted by atomic mass is 16.4. The van der Waals surface area contributed by atoms with Gasteiger partial charge in [-0.1, -0.05) is 11.8 Å². The third-order valence-electron chi connectivity index (χ3n) is 2.12. The molecule has 4 nitrogen and oxygen atoms in total. The van der Waals surface area contributed by atoms with E-state index in [0.29, 0.717) is 5.56 Å². The van der Waals surface area contributed by atoms with E-state index in [-0.39, 0.29) is 18.0 Å². The van der Waals surface area contributed by atoms with E-state index in [1.165, 1.54) is 13.0 Å². The summed E-state index contributed by atoms with van der Waals surface area (Å²) in [5.74, 6) is 4.56. The highest BCUT2D eigenvalue weighted by Crippen LogP contribution is 2.10. The average Bonchev–Trinajstić information content (AvgIpc) is 2.23. The van der Waals surface area contributed by atoms with E-state index >= 15 is 0 Å². The predicted molar refractivity (Wildman–Crippen MR) is 63.7 cm³/mol. The number of hydrogen-bond donors (Lipinski definition) is 2. The summed E-state index contributed by atoms with van der Waals surface area (Å²) in [6.45, 7) is 3.44. The van der Waals surface area contributed by atoms with Crippen molar-refractivity contribution in [1.29, 1.82) is 0 Å². The van der Waals surface area contributed by atoms with Gasteiger partial charge in [0.25, 0.3) is 0 Å². The number of nitrogens with one attached hydrogen (secondary N) is 1. The Kier molecular flexibility index (Phi) is 4.29. The molecule has 1 amide bonds. The Bertz CT molecular complexity index is 509. The van der Waals surface area contributed by atoms with Crippen molar-refractivity contribution >= 4 is 11.9 Å². The van der Waals surface area contributed by atoms with Crippen molar-refractivity contribution in [2.24, 2.45) is 0 Å². The van der Waals surface area contributed by atoms with Gasteiger partial charge >= 0.3 is 5.97 Å². The summed E-state index contributed by atoms with van der Waals surface area (Å²) in [4.78, 5) is 21.4. The van der Waals surface area contributed by atoms with Crippen LogP contribution in [0.5, 0.6) is 0 Å². The van der Waals surface area contributed by atoms with Crippen LogP contribution in [0, 0.1) is 18.8 Å². The number of carbonyl (C=O) groups excluding carboxylic acids is 1. The van der Waals surface area contributed by atoms with Gasteiger partial charge in [-0.05, 0) is 30.7 Å². The lowest BCUT2D eigenvalue weighted by atomic mass is 10.1. The molecule has 17 heavy (non-hydrogen) atoms. The summed E-state index contributed by atoms with van der Waals surface area (Å²) in [6.07, 6.45) is 0. The third kappa shape index (κ3) is 3.99. The molecule has 0 bridgehead atoms. The summed E-state index contributed by atoms with van der Waals surface area (Å²) in [7, 11) is 0. The van der Waals surface area contributed by atoms with Crippen LogP contribution in [0.2, 0.25) is 0 Å². The first-order chi connectivity index (χ1) is 8.00. The second-order valence-corrected chi connectivity index (χ2v) is 3.55. The van der Waals surface area contributed by atoms with Crippen molar-refractivity contribution in [1.82, 2.24) is 5.32 Å². The Labute approximate surface area is 99.7 Å². The zero-order chi connectivity index (χ0) is 12.8. The molecular formula is C13H13NO3. The van der Waals surface area contributed by atoms with Crippen LogP contribution in [0.15, 0.2) is 18.2 Å². The van der Waals surface area contributed by atoms with Crippen LogP contribution in [-0.2, 0) is 4.79 Å². The molecule has 0 fully saturated rings. The molecule has 0 unspecified atom stereocenters. The molecule has 88 valence electrons. The van der Waals surface area contributed by atoms with Crippen molar-refractivity contribution in [2.45, 2.75) is 13.8 Å². The first kappa shape index (κ1) is 12.8. The normalized spacial score (nSPS) is 9.06. The van der Waals surface area contributed by atoms with Crippen LogP contribution >= 0.6 is 0 Å².